The SMILES string of the molecule is CC1CCC(NC(=S)NCc2ccc(Cl)cc2)CC1. The average Bonchev–Trinajstić information content (AvgIpc) is 2.41. The molecule has 0 radical (unpaired) electrons. The molecule has 1 fully saturated rings. The zero-order chi connectivity index (χ0) is 13.7. The van der Waals surface area contributed by atoms with Crippen LogP contribution in [0.25, 0.3) is 0 Å². The van der Waals surface area contributed by atoms with Crippen molar-refractivity contribution in [3.8, 4) is 0 Å². The number of thiocarbonyl (C=S) groups is 1. The van der Waals surface area contributed by atoms with Crippen LogP contribution in [-0.4, -0.2) is 11.2 Å². The molecular formula is C15H21ClN2S. The molecule has 0 aromatic heterocycles. The number of nitrogens with one attached hydrogen (secondary N) is 2. The molecule has 1 aliphatic rings. The molecule has 1 aliphatic carbocycles. The molecule has 0 heterocycles. The van der Waals surface area contributed by atoms with E-state index in [2.05, 4.69) is 17.6 Å². The zero-order valence-electron chi connectivity index (χ0n) is 11.3. The second kappa shape index (κ2) is 7.11. The summed E-state index contributed by atoms with van der Waals surface area (Å²) in [4.78, 5) is 0. The Morgan fingerprint density at radius 3 is 2.47 bits per heavy atom. The largest absolute Gasteiger partial charge is 0.360 e. The summed E-state index contributed by atoms with van der Waals surface area (Å²) in [6.45, 7) is 3.07. The van der Waals surface area contributed by atoms with Gasteiger partial charge >= 0.3 is 0 Å². The highest BCUT2D eigenvalue weighted by Gasteiger charge is 2.18. The summed E-state index contributed by atoms with van der Waals surface area (Å²) in [5.41, 5.74) is 1.19. The number of halogens is 1. The number of hydrogen-bond donors (Lipinski definition) is 2. The molecule has 0 aliphatic heterocycles. The van der Waals surface area contributed by atoms with Crippen LogP contribution < -0.4 is 10.6 Å². The molecule has 0 unspecified atom stereocenters. The van der Waals surface area contributed by atoms with E-state index in [-0.39, 0.29) is 0 Å². The monoisotopic (exact) mass is 296 g/mol. The van der Waals surface area contributed by atoms with Gasteiger partial charge in [0.1, 0.15) is 0 Å². The first-order valence-electron chi connectivity index (χ1n) is 6.92. The van der Waals surface area contributed by atoms with Crippen LogP contribution >= 0.6 is 23.8 Å². The van der Waals surface area contributed by atoms with Crippen LogP contribution in [0.3, 0.4) is 0 Å². The molecular weight excluding hydrogens is 276 g/mol. The summed E-state index contributed by atoms with van der Waals surface area (Å²) < 4.78 is 0. The van der Waals surface area contributed by atoms with Crippen LogP contribution in [0.15, 0.2) is 24.3 Å². The highest BCUT2D eigenvalue weighted by molar-refractivity contribution is 7.80. The van der Waals surface area contributed by atoms with Gasteiger partial charge in [0, 0.05) is 17.6 Å². The van der Waals surface area contributed by atoms with Crippen molar-refractivity contribution < 1.29 is 0 Å². The molecule has 0 spiro atoms. The molecule has 4 heteroatoms. The number of rotatable bonds is 3. The summed E-state index contributed by atoms with van der Waals surface area (Å²) in [6, 6.07) is 8.37. The van der Waals surface area contributed by atoms with Gasteiger partial charge in [-0.25, -0.2) is 0 Å². The van der Waals surface area contributed by atoms with E-state index in [4.69, 9.17) is 23.8 Å². The topological polar surface area (TPSA) is 24.1 Å². The van der Waals surface area contributed by atoms with E-state index in [0.717, 1.165) is 22.6 Å². The minimum Gasteiger partial charge on any atom is -0.360 e. The summed E-state index contributed by atoms with van der Waals surface area (Å²) in [5.74, 6) is 0.869. The highest BCUT2D eigenvalue weighted by atomic mass is 35.5. The van der Waals surface area contributed by atoms with Crippen molar-refractivity contribution in [3.05, 3.63) is 34.9 Å². The molecule has 0 saturated heterocycles. The Balaban J connectivity index is 1.71. The number of benzene rings is 1. The Morgan fingerprint density at radius 2 is 1.84 bits per heavy atom. The highest BCUT2D eigenvalue weighted by Crippen LogP contribution is 2.23. The fourth-order valence-electron chi connectivity index (χ4n) is 2.43. The fourth-order valence-corrected chi connectivity index (χ4v) is 2.79. The van der Waals surface area contributed by atoms with E-state index in [1.54, 1.807) is 0 Å². The lowest BCUT2D eigenvalue weighted by Gasteiger charge is -2.28. The molecule has 0 atom stereocenters. The minimum absolute atomic E-state index is 0.543. The van der Waals surface area contributed by atoms with Gasteiger partial charge in [0.05, 0.1) is 0 Å². The molecule has 2 nitrogen and oxygen atoms in total. The van der Waals surface area contributed by atoms with Crippen LogP contribution in [0.5, 0.6) is 0 Å². The van der Waals surface area contributed by atoms with Gasteiger partial charge in [-0.3, -0.25) is 0 Å². The third-order valence-electron chi connectivity index (χ3n) is 3.72. The van der Waals surface area contributed by atoms with Gasteiger partial charge in [-0.05, 0) is 61.5 Å². The molecule has 2 rings (SSSR count). The maximum atomic E-state index is 5.86. The molecule has 104 valence electrons. The van der Waals surface area contributed by atoms with Crippen molar-refractivity contribution >= 4 is 28.9 Å². The molecule has 19 heavy (non-hydrogen) atoms. The van der Waals surface area contributed by atoms with Crippen LogP contribution in [-0.2, 0) is 6.54 Å². The van der Waals surface area contributed by atoms with E-state index in [9.17, 15) is 0 Å². The molecule has 1 aromatic rings. The quantitative estimate of drug-likeness (QED) is 0.828. The third kappa shape index (κ3) is 5.00. The normalized spacial score (nSPS) is 22.8. The molecule has 1 aromatic carbocycles. The lowest BCUT2D eigenvalue weighted by atomic mass is 9.87. The minimum atomic E-state index is 0.543. The second-order valence-electron chi connectivity index (χ2n) is 5.41. The number of hydrogen-bond acceptors (Lipinski definition) is 1. The fraction of sp³-hybridized carbons (Fsp3) is 0.533. The lowest BCUT2D eigenvalue weighted by molar-refractivity contribution is 0.330. The molecule has 1 saturated carbocycles. The third-order valence-corrected chi connectivity index (χ3v) is 4.23. The van der Waals surface area contributed by atoms with Gasteiger partial charge in [0.25, 0.3) is 0 Å². The van der Waals surface area contributed by atoms with Gasteiger partial charge in [0.15, 0.2) is 5.11 Å². The van der Waals surface area contributed by atoms with Crippen molar-refractivity contribution in [2.75, 3.05) is 0 Å². The van der Waals surface area contributed by atoms with E-state index in [0.29, 0.717) is 6.04 Å². The lowest BCUT2D eigenvalue weighted by Crippen LogP contribution is -2.43. The molecule has 0 amide bonds. The smallest absolute Gasteiger partial charge is 0.166 e. The first kappa shape index (κ1) is 14.6. The van der Waals surface area contributed by atoms with E-state index in [1.807, 2.05) is 24.3 Å². The predicted molar refractivity (Wildman–Crippen MR) is 85.4 cm³/mol. The van der Waals surface area contributed by atoms with E-state index >= 15 is 0 Å². The van der Waals surface area contributed by atoms with Gasteiger partial charge in [-0.1, -0.05) is 30.7 Å². The van der Waals surface area contributed by atoms with Crippen LogP contribution in [0, 0.1) is 5.92 Å². The van der Waals surface area contributed by atoms with E-state index < -0.39 is 0 Å². The van der Waals surface area contributed by atoms with Crippen molar-refractivity contribution in [2.24, 2.45) is 5.92 Å². The maximum Gasteiger partial charge on any atom is 0.166 e. The van der Waals surface area contributed by atoms with Crippen molar-refractivity contribution in [1.82, 2.24) is 10.6 Å². The molecule has 0 bridgehead atoms. The second-order valence-corrected chi connectivity index (χ2v) is 6.25. The molecule has 2 N–H and O–H groups in total. The predicted octanol–water partition coefficient (Wildman–Crippen LogP) is 3.88. The first-order valence-corrected chi connectivity index (χ1v) is 7.71. The van der Waals surface area contributed by atoms with E-state index in [1.165, 1.54) is 31.2 Å². The van der Waals surface area contributed by atoms with Crippen LogP contribution in [0.4, 0.5) is 0 Å². The Morgan fingerprint density at radius 1 is 1.21 bits per heavy atom. The summed E-state index contributed by atoms with van der Waals surface area (Å²) >= 11 is 11.2. The summed E-state index contributed by atoms with van der Waals surface area (Å²) in [5, 5.41) is 8.19. The standard InChI is InChI=1S/C15H21ClN2S/c1-11-2-8-14(9-3-11)18-15(19)17-10-12-4-6-13(16)7-5-12/h4-7,11,14H,2-3,8-10H2,1H3,(H2,17,18,19). The van der Waals surface area contributed by atoms with Gasteiger partial charge in [-0.2, -0.15) is 0 Å². The maximum absolute atomic E-state index is 5.86. The Bertz CT molecular complexity index is 411. The van der Waals surface area contributed by atoms with Gasteiger partial charge in [0.2, 0.25) is 0 Å². The summed E-state index contributed by atoms with van der Waals surface area (Å²) in [6.07, 6.45) is 5.06. The van der Waals surface area contributed by atoms with Crippen molar-refractivity contribution in [2.45, 2.75) is 45.2 Å². The Labute approximate surface area is 125 Å². The summed E-state index contributed by atoms with van der Waals surface area (Å²) in [7, 11) is 0. The first-order chi connectivity index (χ1) is 9.13. The van der Waals surface area contributed by atoms with Crippen LogP contribution in [0.2, 0.25) is 5.02 Å². The zero-order valence-corrected chi connectivity index (χ0v) is 12.9. The Hall–Kier alpha value is -0.800. The van der Waals surface area contributed by atoms with Crippen LogP contribution in [0.1, 0.15) is 38.2 Å². The van der Waals surface area contributed by atoms with Gasteiger partial charge < -0.3 is 10.6 Å². The average molecular weight is 297 g/mol. The van der Waals surface area contributed by atoms with Gasteiger partial charge in [-0.15, -0.1) is 0 Å². The van der Waals surface area contributed by atoms with Crippen molar-refractivity contribution in [1.29, 1.82) is 0 Å². The van der Waals surface area contributed by atoms with Crippen molar-refractivity contribution in [3.63, 3.8) is 0 Å². The Kier molecular flexibility index (Phi) is 5.46.